The van der Waals surface area contributed by atoms with Crippen molar-refractivity contribution in [2.75, 3.05) is 31.1 Å². The number of amidine groups is 1. The van der Waals surface area contributed by atoms with Gasteiger partial charge in [-0.3, -0.25) is 9.69 Å². The lowest BCUT2D eigenvalue weighted by Gasteiger charge is -2.28. The molecule has 2 fully saturated rings. The molecule has 42 heavy (non-hydrogen) atoms. The maximum atomic E-state index is 13.3. The summed E-state index contributed by atoms with van der Waals surface area (Å²) in [6, 6.07) is 21.3. The largest absolute Gasteiger partial charge is 0.490 e. The van der Waals surface area contributed by atoms with Crippen LogP contribution in [0.2, 0.25) is 5.02 Å². The number of halogens is 1. The van der Waals surface area contributed by atoms with E-state index in [0.29, 0.717) is 50.9 Å². The Hall–Kier alpha value is -3.93. The number of carbonyl (C=O) groups excluding carboxylic acids is 1. The molecule has 0 N–H and O–H groups in total. The Morgan fingerprint density at radius 3 is 2.52 bits per heavy atom. The molecule has 9 heteroatoms. The molecule has 2 heterocycles. The first-order valence-electron chi connectivity index (χ1n) is 14.2. The summed E-state index contributed by atoms with van der Waals surface area (Å²) in [5, 5.41) is 10.4. The van der Waals surface area contributed by atoms with Crippen LogP contribution >= 0.6 is 23.4 Å². The molecule has 2 saturated heterocycles. The van der Waals surface area contributed by atoms with E-state index >= 15 is 0 Å². The maximum Gasteiger partial charge on any atom is 0.266 e. The monoisotopic (exact) mass is 600 g/mol. The number of nitrogens with zero attached hydrogens (tertiary/aromatic N) is 4. The normalized spacial score (nSPS) is 17.1. The third-order valence-corrected chi connectivity index (χ3v) is 8.43. The van der Waals surface area contributed by atoms with Gasteiger partial charge in [-0.15, -0.1) is 0 Å². The van der Waals surface area contributed by atoms with Gasteiger partial charge in [0, 0.05) is 30.9 Å². The third-order valence-electron chi connectivity index (χ3n) is 7.14. The standard InChI is InChI=1S/C33H33ClN4O3S/c1-3-38-32(39)30(42-33(38)36-26-12-14-27(15-13-26)37-16-8-5-9-17-37)20-23-18-28(34)31(29(19-23)40-4-2)41-22-25-11-7-6-10-24(25)21-35/h6-7,10-15,18-20H,3-5,8-9,16-17,22H2,1-2H3/b30-20-,36-33?. The predicted molar refractivity (Wildman–Crippen MR) is 171 cm³/mol. The summed E-state index contributed by atoms with van der Waals surface area (Å²) in [5.41, 5.74) is 4.04. The molecule has 216 valence electrons. The lowest BCUT2D eigenvalue weighted by molar-refractivity contribution is -0.122. The fourth-order valence-corrected chi connectivity index (χ4v) is 6.34. The van der Waals surface area contributed by atoms with Crippen LogP contribution < -0.4 is 14.4 Å². The Morgan fingerprint density at radius 2 is 1.81 bits per heavy atom. The molecule has 3 aromatic carbocycles. The van der Waals surface area contributed by atoms with E-state index in [0.717, 1.165) is 24.3 Å². The van der Waals surface area contributed by atoms with Gasteiger partial charge in [-0.25, -0.2) is 4.99 Å². The second kappa shape index (κ2) is 13.8. The number of amides is 1. The summed E-state index contributed by atoms with van der Waals surface area (Å²) < 4.78 is 11.9. The van der Waals surface area contributed by atoms with E-state index in [4.69, 9.17) is 26.1 Å². The molecule has 0 spiro atoms. The van der Waals surface area contributed by atoms with Crippen LogP contribution in [0, 0.1) is 11.3 Å². The van der Waals surface area contributed by atoms with Crippen molar-refractivity contribution in [1.29, 1.82) is 5.26 Å². The van der Waals surface area contributed by atoms with Crippen molar-refractivity contribution in [2.45, 2.75) is 39.7 Å². The average molecular weight is 601 g/mol. The number of nitriles is 1. The topological polar surface area (TPSA) is 78.2 Å². The van der Waals surface area contributed by atoms with Crippen LogP contribution in [0.15, 0.2) is 70.6 Å². The highest BCUT2D eigenvalue weighted by Gasteiger charge is 2.32. The molecule has 0 bridgehead atoms. The van der Waals surface area contributed by atoms with Crippen LogP contribution in [-0.2, 0) is 11.4 Å². The minimum absolute atomic E-state index is 0.103. The summed E-state index contributed by atoms with van der Waals surface area (Å²) >= 11 is 8.01. The summed E-state index contributed by atoms with van der Waals surface area (Å²) in [7, 11) is 0. The van der Waals surface area contributed by atoms with Gasteiger partial charge in [0.1, 0.15) is 6.61 Å². The van der Waals surface area contributed by atoms with Crippen molar-refractivity contribution in [3.63, 3.8) is 0 Å². The number of ether oxygens (including phenoxy) is 2. The second-order valence-corrected chi connectivity index (χ2v) is 11.4. The summed E-state index contributed by atoms with van der Waals surface area (Å²) in [5.74, 6) is 0.759. The predicted octanol–water partition coefficient (Wildman–Crippen LogP) is 7.80. The molecule has 0 saturated carbocycles. The zero-order valence-corrected chi connectivity index (χ0v) is 25.4. The molecule has 1 amide bonds. The number of hydrogen-bond donors (Lipinski definition) is 0. The summed E-state index contributed by atoms with van der Waals surface area (Å²) in [6.45, 7) is 7.09. The van der Waals surface area contributed by atoms with Gasteiger partial charge >= 0.3 is 0 Å². The van der Waals surface area contributed by atoms with E-state index in [1.807, 2.05) is 50.2 Å². The quantitative estimate of drug-likeness (QED) is 0.233. The number of benzene rings is 3. The number of thioether (sulfide) groups is 1. The minimum Gasteiger partial charge on any atom is -0.490 e. The minimum atomic E-state index is -0.103. The molecule has 7 nitrogen and oxygen atoms in total. The van der Waals surface area contributed by atoms with Gasteiger partial charge in [0.2, 0.25) is 0 Å². The fraction of sp³-hybridized carbons (Fsp3) is 0.303. The molecule has 0 atom stereocenters. The van der Waals surface area contributed by atoms with Gasteiger partial charge in [0.15, 0.2) is 16.7 Å². The number of hydrogen-bond acceptors (Lipinski definition) is 7. The van der Waals surface area contributed by atoms with Crippen molar-refractivity contribution in [2.24, 2.45) is 4.99 Å². The van der Waals surface area contributed by atoms with Gasteiger partial charge in [0.25, 0.3) is 5.91 Å². The third kappa shape index (κ3) is 6.75. The van der Waals surface area contributed by atoms with Gasteiger partial charge < -0.3 is 14.4 Å². The first-order valence-corrected chi connectivity index (χ1v) is 15.4. The van der Waals surface area contributed by atoms with Crippen LogP contribution in [0.25, 0.3) is 6.08 Å². The van der Waals surface area contributed by atoms with E-state index in [2.05, 4.69) is 23.1 Å². The molecule has 5 rings (SSSR count). The highest BCUT2D eigenvalue weighted by atomic mass is 35.5. The van der Waals surface area contributed by atoms with Crippen molar-refractivity contribution in [3.8, 4) is 17.6 Å². The van der Waals surface area contributed by atoms with Crippen LogP contribution in [-0.4, -0.2) is 42.2 Å². The molecule has 0 unspecified atom stereocenters. The highest BCUT2D eigenvalue weighted by Crippen LogP contribution is 2.40. The molecular formula is C33H33ClN4O3S. The number of carbonyl (C=O) groups is 1. The number of likely N-dealkylation sites (N-methyl/N-ethyl adjacent to an activating group) is 1. The Labute approximate surface area is 256 Å². The molecule has 0 aromatic heterocycles. The number of anilines is 1. The van der Waals surface area contributed by atoms with Crippen molar-refractivity contribution in [3.05, 3.63) is 87.3 Å². The first-order chi connectivity index (χ1) is 20.5. The van der Waals surface area contributed by atoms with E-state index in [1.54, 1.807) is 23.1 Å². The van der Waals surface area contributed by atoms with Gasteiger partial charge in [-0.1, -0.05) is 29.8 Å². The second-order valence-electron chi connectivity index (χ2n) is 9.94. The van der Waals surface area contributed by atoms with Crippen molar-refractivity contribution in [1.82, 2.24) is 4.90 Å². The molecular weight excluding hydrogens is 568 g/mol. The molecule has 3 aromatic rings. The fourth-order valence-electron chi connectivity index (χ4n) is 5.00. The van der Waals surface area contributed by atoms with Crippen LogP contribution in [0.5, 0.6) is 11.5 Å². The zero-order chi connectivity index (χ0) is 29.5. The van der Waals surface area contributed by atoms with E-state index in [-0.39, 0.29) is 12.5 Å². The average Bonchev–Trinajstić information content (AvgIpc) is 3.30. The summed E-state index contributed by atoms with van der Waals surface area (Å²) in [4.78, 5) is 22.8. The van der Waals surface area contributed by atoms with E-state index in [1.165, 1.54) is 36.7 Å². The van der Waals surface area contributed by atoms with Gasteiger partial charge in [-0.05, 0) is 99.0 Å². The first kappa shape index (κ1) is 29.6. The summed E-state index contributed by atoms with van der Waals surface area (Å²) in [6.07, 6.45) is 5.56. The van der Waals surface area contributed by atoms with Crippen LogP contribution in [0.3, 0.4) is 0 Å². The van der Waals surface area contributed by atoms with Crippen LogP contribution in [0.4, 0.5) is 11.4 Å². The highest BCUT2D eigenvalue weighted by molar-refractivity contribution is 8.18. The van der Waals surface area contributed by atoms with E-state index in [9.17, 15) is 10.1 Å². The van der Waals surface area contributed by atoms with Crippen molar-refractivity contribution < 1.29 is 14.3 Å². The van der Waals surface area contributed by atoms with Crippen LogP contribution in [0.1, 0.15) is 49.8 Å². The number of piperidine rings is 1. The zero-order valence-electron chi connectivity index (χ0n) is 23.8. The molecule has 0 aliphatic carbocycles. The number of aliphatic imine (C=N–C) groups is 1. The Morgan fingerprint density at radius 1 is 1.05 bits per heavy atom. The Balaban J connectivity index is 1.36. The Kier molecular flexibility index (Phi) is 9.73. The lowest BCUT2D eigenvalue weighted by atomic mass is 10.1. The van der Waals surface area contributed by atoms with Gasteiger partial charge in [0.05, 0.1) is 33.9 Å². The van der Waals surface area contributed by atoms with E-state index < -0.39 is 0 Å². The molecule has 2 aliphatic rings. The smallest absolute Gasteiger partial charge is 0.266 e. The van der Waals surface area contributed by atoms with Crippen molar-refractivity contribution >= 4 is 51.9 Å². The molecule has 2 aliphatic heterocycles. The number of rotatable bonds is 9. The van der Waals surface area contributed by atoms with Gasteiger partial charge in [-0.2, -0.15) is 5.26 Å². The molecule has 0 radical (unpaired) electrons. The Bertz CT molecular complexity index is 1540. The lowest BCUT2D eigenvalue weighted by Crippen LogP contribution is -2.29. The SMILES string of the molecule is CCOc1cc(/C=C2\SC(=Nc3ccc(N4CCCCC4)cc3)N(CC)C2=O)cc(Cl)c1OCc1ccccc1C#N. The maximum absolute atomic E-state index is 13.3.